The Morgan fingerprint density at radius 2 is 2.14 bits per heavy atom. The van der Waals surface area contributed by atoms with Crippen LogP contribution in [0.3, 0.4) is 0 Å². The van der Waals surface area contributed by atoms with Crippen molar-refractivity contribution < 1.29 is 32.3 Å². The van der Waals surface area contributed by atoms with Crippen LogP contribution in [0, 0.1) is 11.8 Å². The zero-order valence-corrected chi connectivity index (χ0v) is 10.8. The highest BCUT2D eigenvalue weighted by molar-refractivity contribution is 5.77. The van der Waals surface area contributed by atoms with Gasteiger partial charge in [0.1, 0.15) is 5.76 Å². The van der Waals surface area contributed by atoms with Crippen LogP contribution in [0.2, 0.25) is 0 Å². The number of amides is 2. The number of carbonyl (C=O) groups excluding carboxylic acids is 1. The van der Waals surface area contributed by atoms with Crippen molar-refractivity contribution >= 4 is 12.0 Å². The number of urea groups is 1. The Kier molecular flexibility index (Phi) is 4.10. The number of alkyl halides is 3. The first-order valence-corrected chi connectivity index (χ1v) is 6.13. The minimum absolute atomic E-state index is 0.0246. The van der Waals surface area contributed by atoms with Crippen LogP contribution in [0.1, 0.15) is 5.76 Å². The average Bonchev–Trinajstić information content (AvgIpc) is 3.04. The van der Waals surface area contributed by atoms with E-state index >= 15 is 0 Å². The molecule has 0 spiro atoms. The van der Waals surface area contributed by atoms with Gasteiger partial charge in [-0.2, -0.15) is 13.2 Å². The van der Waals surface area contributed by atoms with Gasteiger partial charge in [0, 0.05) is 13.1 Å². The highest BCUT2D eigenvalue weighted by Crippen LogP contribution is 2.37. The van der Waals surface area contributed by atoms with Gasteiger partial charge in [-0.3, -0.25) is 4.79 Å². The van der Waals surface area contributed by atoms with Gasteiger partial charge in [0.2, 0.25) is 0 Å². The maximum Gasteiger partial charge on any atom is 0.394 e. The molecule has 1 fully saturated rings. The van der Waals surface area contributed by atoms with E-state index in [1.807, 2.05) is 0 Å². The van der Waals surface area contributed by atoms with Crippen molar-refractivity contribution in [3.8, 4) is 0 Å². The number of hydrogen-bond acceptors (Lipinski definition) is 3. The van der Waals surface area contributed by atoms with Gasteiger partial charge < -0.3 is 19.7 Å². The molecule has 116 valence electrons. The molecule has 1 saturated heterocycles. The van der Waals surface area contributed by atoms with Gasteiger partial charge in [-0.05, 0) is 12.1 Å². The summed E-state index contributed by atoms with van der Waals surface area (Å²) in [4.78, 5) is 23.6. The molecule has 0 bridgehead atoms. The summed E-state index contributed by atoms with van der Waals surface area (Å²) in [5, 5.41) is 11.2. The first-order valence-electron chi connectivity index (χ1n) is 6.13. The molecule has 2 N–H and O–H groups in total. The maximum atomic E-state index is 12.8. The topological polar surface area (TPSA) is 82.8 Å². The van der Waals surface area contributed by atoms with Crippen LogP contribution in [-0.2, 0) is 11.3 Å². The Balaban J connectivity index is 1.98. The Morgan fingerprint density at radius 3 is 2.62 bits per heavy atom. The van der Waals surface area contributed by atoms with E-state index in [0.717, 1.165) is 4.90 Å². The molecule has 1 aliphatic heterocycles. The van der Waals surface area contributed by atoms with E-state index in [1.54, 1.807) is 12.1 Å². The van der Waals surface area contributed by atoms with Crippen LogP contribution < -0.4 is 5.32 Å². The molecule has 0 radical (unpaired) electrons. The molecule has 2 amide bonds. The molecule has 1 aromatic heterocycles. The predicted octanol–water partition coefficient (Wildman–Crippen LogP) is 1.68. The third kappa shape index (κ3) is 3.47. The number of carboxylic acids is 1. The van der Waals surface area contributed by atoms with Gasteiger partial charge in [-0.1, -0.05) is 0 Å². The predicted molar refractivity (Wildman–Crippen MR) is 63.2 cm³/mol. The summed E-state index contributed by atoms with van der Waals surface area (Å²) >= 11 is 0. The largest absolute Gasteiger partial charge is 0.481 e. The Bertz CT molecular complexity index is 515. The van der Waals surface area contributed by atoms with Gasteiger partial charge >= 0.3 is 18.2 Å². The molecule has 6 nitrogen and oxygen atoms in total. The second kappa shape index (κ2) is 5.66. The van der Waals surface area contributed by atoms with Crippen molar-refractivity contribution in [2.45, 2.75) is 12.7 Å². The first kappa shape index (κ1) is 15.2. The second-order valence-corrected chi connectivity index (χ2v) is 4.74. The van der Waals surface area contributed by atoms with Gasteiger partial charge in [-0.25, -0.2) is 4.79 Å². The summed E-state index contributed by atoms with van der Waals surface area (Å²) in [5.74, 6) is -4.80. The SMILES string of the molecule is O=C(O)[C@@H]1CN(C(=O)NCc2ccco2)C[C@H]1C(F)(F)F. The lowest BCUT2D eigenvalue weighted by molar-refractivity contribution is -0.187. The zero-order valence-electron chi connectivity index (χ0n) is 10.8. The van der Waals surface area contributed by atoms with E-state index in [9.17, 15) is 22.8 Å². The van der Waals surface area contributed by atoms with Crippen molar-refractivity contribution in [3.63, 3.8) is 0 Å². The van der Waals surface area contributed by atoms with Gasteiger partial charge in [0.15, 0.2) is 0 Å². The quantitative estimate of drug-likeness (QED) is 0.890. The van der Waals surface area contributed by atoms with Crippen LogP contribution in [0.5, 0.6) is 0 Å². The van der Waals surface area contributed by atoms with E-state index in [4.69, 9.17) is 9.52 Å². The van der Waals surface area contributed by atoms with E-state index in [1.165, 1.54) is 6.26 Å². The number of nitrogens with zero attached hydrogens (tertiary/aromatic N) is 1. The van der Waals surface area contributed by atoms with Crippen molar-refractivity contribution in [1.82, 2.24) is 10.2 Å². The summed E-state index contributed by atoms with van der Waals surface area (Å²) in [6.45, 7) is -1.11. The number of rotatable bonds is 3. The summed E-state index contributed by atoms with van der Waals surface area (Å²) in [7, 11) is 0. The van der Waals surface area contributed by atoms with Crippen molar-refractivity contribution in [2.24, 2.45) is 11.8 Å². The van der Waals surface area contributed by atoms with Crippen molar-refractivity contribution in [2.75, 3.05) is 13.1 Å². The molecule has 0 saturated carbocycles. The van der Waals surface area contributed by atoms with Crippen LogP contribution in [0.4, 0.5) is 18.0 Å². The van der Waals surface area contributed by atoms with E-state index in [2.05, 4.69) is 5.32 Å². The number of carboxylic acid groups (broad SMARTS) is 1. The highest BCUT2D eigenvalue weighted by atomic mass is 19.4. The molecule has 2 heterocycles. The number of hydrogen-bond donors (Lipinski definition) is 2. The fourth-order valence-corrected chi connectivity index (χ4v) is 2.24. The highest BCUT2D eigenvalue weighted by Gasteiger charge is 2.53. The lowest BCUT2D eigenvalue weighted by Crippen LogP contribution is -2.39. The van der Waals surface area contributed by atoms with Crippen molar-refractivity contribution in [1.29, 1.82) is 0 Å². The third-order valence-corrected chi connectivity index (χ3v) is 3.34. The number of nitrogens with one attached hydrogen (secondary N) is 1. The number of aliphatic carboxylic acids is 1. The van der Waals surface area contributed by atoms with Crippen LogP contribution in [0.25, 0.3) is 0 Å². The van der Waals surface area contributed by atoms with E-state index < -0.39 is 43.1 Å². The number of likely N-dealkylation sites (tertiary alicyclic amines) is 1. The lowest BCUT2D eigenvalue weighted by Gasteiger charge is -2.18. The lowest BCUT2D eigenvalue weighted by atomic mass is 9.96. The molecule has 1 aromatic rings. The Labute approximate surface area is 117 Å². The molecule has 2 rings (SSSR count). The van der Waals surface area contributed by atoms with Gasteiger partial charge in [0.25, 0.3) is 0 Å². The van der Waals surface area contributed by atoms with Gasteiger partial charge in [0.05, 0.1) is 24.6 Å². The minimum atomic E-state index is -4.65. The molecule has 0 aromatic carbocycles. The molecule has 1 aliphatic rings. The summed E-state index contributed by atoms with van der Waals surface area (Å²) < 4.78 is 43.3. The molecular formula is C12H13F3N2O4. The molecule has 0 aliphatic carbocycles. The molecule has 21 heavy (non-hydrogen) atoms. The molecule has 9 heteroatoms. The third-order valence-electron chi connectivity index (χ3n) is 3.34. The van der Waals surface area contributed by atoms with Crippen LogP contribution >= 0.6 is 0 Å². The number of halogens is 3. The average molecular weight is 306 g/mol. The Morgan fingerprint density at radius 1 is 1.43 bits per heavy atom. The zero-order chi connectivity index (χ0) is 15.6. The molecule has 2 atom stereocenters. The normalized spacial score (nSPS) is 22.3. The minimum Gasteiger partial charge on any atom is -0.481 e. The second-order valence-electron chi connectivity index (χ2n) is 4.74. The maximum absolute atomic E-state index is 12.8. The monoisotopic (exact) mass is 306 g/mol. The van der Waals surface area contributed by atoms with Crippen molar-refractivity contribution in [3.05, 3.63) is 24.2 Å². The Hall–Kier alpha value is -2.19. The van der Waals surface area contributed by atoms with E-state index in [-0.39, 0.29) is 6.54 Å². The van der Waals surface area contributed by atoms with Crippen LogP contribution in [0.15, 0.2) is 22.8 Å². The number of furan rings is 1. The van der Waals surface area contributed by atoms with Gasteiger partial charge in [-0.15, -0.1) is 0 Å². The standard InChI is InChI=1S/C12H13F3N2O4/c13-12(14,15)9-6-17(5-8(9)10(18)19)11(20)16-4-7-2-1-3-21-7/h1-3,8-9H,4-6H2,(H,16,20)(H,18,19)/t8-,9-/m1/s1. The fourth-order valence-electron chi connectivity index (χ4n) is 2.24. The van der Waals surface area contributed by atoms with E-state index in [0.29, 0.717) is 5.76 Å². The first-order chi connectivity index (χ1) is 9.79. The molecular weight excluding hydrogens is 293 g/mol. The summed E-state index contributed by atoms with van der Waals surface area (Å²) in [6.07, 6.45) is -3.25. The summed E-state index contributed by atoms with van der Waals surface area (Å²) in [6, 6.07) is 2.46. The van der Waals surface area contributed by atoms with Crippen LogP contribution in [-0.4, -0.2) is 41.3 Å². The fraction of sp³-hybridized carbons (Fsp3) is 0.500. The smallest absolute Gasteiger partial charge is 0.394 e. The number of carbonyl (C=O) groups is 2. The molecule has 0 unspecified atom stereocenters. The summed E-state index contributed by atoms with van der Waals surface area (Å²) in [5.41, 5.74) is 0.